The van der Waals surface area contributed by atoms with Gasteiger partial charge in [-0.1, -0.05) is 28.1 Å². The lowest BCUT2D eigenvalue weighted by atomic mass is 10.1. The Morgan fingerprint density at radius 2 is 1.95 bits per heavy atom. The lowest BCUT2D eigenvalue weighted by molar-refractivity contribution is 0.596. The van der Waals surface area contributed by atoms with Crippen molar-refractivity contribution in [3.63, 3.8) is 0 Å². The quantitative estimate of drug-likeness (QED) is 0.863. The maximum Gasteiger partial charge on any atom is 0.238 e. The van der Waals surface area contributed by atoms with E-state index in [0.717, 1.165) is 0 Å². The van der Waals surface area contributed by atoms with Gasteiger partial charge in [0.05, 0.1) is 10.9 Å². The molecular formula is C14H14BrFN2O2S. The monoisotopic (exact) mass is 372 g/mol. The van der Waals surface area contributed by atoms with Crippen molar-refractivity contribution in [2.24, 2.45) is 5.14 Å². The zero-order valence-electron chi connectivity index (χ0n) is 11.2. The summed E-state index contributed by atoms with van der Waals surface area (Å²) in [6.45, 7) is 1.79. The summed E-state index contributed by atoms with van der Waals surface area (Å²) < 4.78 is 37.2. The van der Waals surface area contributed by atoms with E-state index in [-0.39, 0.29) is 16.8 Å². The Kier molecular flexibility index (Phi) is 4.65. The Balaban J connectivity index is 2.25. The third-order valence-corrected chi connectivity index (χ3v) is 4.38. The van der Waals surface area contributed by atoms with Gasteiger partial charge in [-0.3, -0.25) is 0 Å². The van der Waals surface area contributed by atoms with E-state index >= 15 is 0 Å². The van der Waals surface area contributed by atoms with Gasteiger partial charge >= 0.3 is 0 Å². The number of benzene rings is 2. The topological polar surface area (TPSA) is 72.2 Å². The van der Waals surface area contributed by atoms with Gasteiger partial charge in [0.1, 0.15) is 5.82 Å². The van der Waals surface area contributed by atoms with Crippen LogP contribution in [0, 0.1) is 5.82 Å². The summed E-state index contributed by atoms with van der Waals surface area (Å²) in [7, 11) is -3.76. The normalized spacial score (nSPS) is 13.0. The highest BCUT2D eigenvalue weighted by Crippen LogP contribution is 2.25. The van der Waals surface area contributed by atoms with E-state index in [1.165, 1.54) is 18.2 Å². The highest BCUT2D eigenvalue weighted by atomic mass is 79.9. The predicted octanol–water partition coefficient (Wildman–Crippen LogP) is 3.41. The molecule has 0 radical (unpaired) electrons. The van der Waals surface area contributed by atoms with Crippen LogP contribution < -0.4 is 10.5 Å². The van der Waals surface area contributed by atoms with Crippen molar-refractivity contribution in [2.75, 3.05) is 5.32 Å². The molecule has 0 spiro atoms. The molecule has 7 heteroatoms. The number of nitrogens with one attached hydrogen (secondary N) is 1. The summed E-state index contributed by atoms with van der Waals surface area (Å²) in [4.78, 5) is 0.0102. The van der Waals surface area contributed by atoms with Crippen LogP contribution in [0.5, 0.6) is 0 Å². The number of halogens is 2. The predicted molar refractivity (Wildman–Crippen MR) is 84.0 cm³/mol. The van der Waals surface area contributed by atoms with Crippen molar-refractivity contribution in [3.8, 4) is 0 Å². The minimum atomic E-state index is -3.76. The SMILES string of the molecule is CC(Nc1cccc(S(N)(=O)=O)c1)c1ccc(Br)cc1F. The van der Waals surface area contributed by atoms with E-state index in [1.807, 2.05) is 0 Å². The standard InChI is InChI=1S/C14H14BrFN2O2S/c1-9(13-6-5-10(15)7-14(13)16)18-11-3-2-4-12(8-11)21(17,19)20/h2-9,18H,1H3,(H2,17,19,20). The Morgan fingerprint density at radius 1 is 1.24 bits per heavy atom. The molecule has 0 amide bonds. The van der Waals surface area contributed by atoms with Crippen molar-refractivity contribution in [3.05, 3.63) is 58.3 Å². The average molecular weight is 373 g/mol. The maximum absolute atomic E-state index is 13.9. The van der Waals surface area contributed by atoms with Gasteiger partial charge in [0, 0.05) is 15.7 Å². The van der Waals surface area contributed by atoms with E-state index < -0.39 is 10.0 Å². The molecule has 0 aliphatic carbocycles. The first-order valence-corrected chi connectivity index (χ1v) is 8.45. The van der Waals surface area contributed by atoms with Crippen LogP contribution in [0.1, 0.15) is 18.5 Å². The second kappa shape index (κ2) is 6.13. The van der Waals surface area contributed by atoms with Crippen molar-refractivity contribution in [1.82, 2.24) is 0 Å². The molecule has 2 aromatic rings. The Hall–Kier alpha value is -1.44. The van der Waals surface area contributed by atoms with Gasteiger partial charge in [-0.05, 0) is 37.3 Å². The molecule has 0 heterocycles. The Morgan fingerprint density at radius 3 is 2.57 bits per heavy atom. The molecule has 3 N–H and O–H groups in total. The first-order valence-electron chi connectivity index (χ1n) is 6.12. The molecule has 0 saturated heterocycles. The summed E-state index contributed by atoms with van der Waals surface area (Å²) in [5, 5.41) is 8.14. The average Bonchev–Trinajstić information content (AvgIpc) is 2.37. The number of rotatable bonds is 4. The second-order valence-electron chi connectivity index (χ2n) is 4.60. The van der Waals surface area contributed by atoms with Gasteiger partial charge in [0.15, 0.2) is 0 Å². The molecule has 1 unspecified atom stereocenters. The lowest BCUT2D eigenvalue weighted by Gasteiger charge is -2.17. The zero-order chi connectivity index (χ0) is 15.6. The summed E-state index contributed by atoms with van der Waals surface area (Å²) in [6.07, 6.45) is 0. The van der Waals surface area contributed by atoms with E-state index in [4.69, 9.17) is 5.14 Å². The van der Waals surface area contributed by atoms with Gasteiger partial charge in [-0.2, -0.15) is 0 Å². The maximum atomic E-state index is 13.9. The molecule has 0 aliphatic rings. The highest BCUT2D eigenvalue weighted by Gasteiger charge is 2.13. The van der Waals surface area contributed by atoms with Crippen LogP contribution in [-0.2, 0) is 10.0 Å². The minimum absolute atomic E-state index is 0.0102. The molecule has 4 nitrogen and oxygen atoms in total. The number of nitrogens with two attached hydrogens (primary N) is 1. The third kappa shape index (κ3) is 4.03. The molecule has 112 valence electrons. The molecule has 0 aromatic heterocycles. The second-order valence-corrected chi connectivity index (χ2v) is 7.08. The minimum Gasteiger partial charge on any atom is -0.378 e. The third-order valence-electron chi connectivity index (χ3n) is 2.97. The lowest BCUT2D eigenvalue weighted by Crippen LogP contribution is -2.13. The molecule has 0 fully saturated rings. The molecule has 1 atom stereocenters. The van der Waals surface area contributed by atoms with Crippen molar-refractivity contribution < 1.29 is 12.8 Å². The number of hydrogen-bond donors (Lipinski definition) is 2. The number of anilines is 1. The van der Waals surface area contributed by atoms with E-state index in [9.17, 15) is 12.8 Å². The van der Waals surface area contributed by atoms with Crippen LogP contribution in [0.25, 0.3) is 0 Å². The zero-order valence-corrected chi connectivity index (χ0v) is 13.6. The smallest absolute Gasteiger partial charge is 0.238 e. The summed E-state index contributed by atoms with van der Waals surface area (Å²) in [5.74, 6) is -0.341. The molecule has 0 saturated carbocycles. The van der Waals surface area contributed by atoms with Crippen LogP contribution in [0.2, 0.25) is 0 Å². The van der Waals surface area contributed by atoms with Crippen LogP contribution in [-0.4, -0.2) is 8.42 Å². The van der Waals surface area contributed by atoms with E-state index in [1.54, 1.807) is 31.2 Å². The number of hydrogen-bond acceptors (Lipinski definition) is 3. The van der Waals surface area contributed by atoms with Crippen LogP contribution in [0.4, 0.5) is 10.1 Å². The van der Waals surface area contributed by atoms with Gasteiger partial charge in [-0.25, -0.2) is 17.9 Å². The number of sulfonamides is 1. The summed E-state index contributed by atoms with van der Waals surface area (Å²) in [6, 6.07) is 10.6. The number of primary sulfonamides is 1. The Bertz CT molecular complexity index is 765. The van der Waals surface area contributed by atoms with E-state index in [0.29, 0.717) is 15.7 Å². The van der Waals surface area contributed by atoms with Gasteiger partial charge in [-0.15, -0.1) is 0 Å². The Labute approximate surface area is 131 Å². The van der Waals surface area contributed by atoms with E-state index in [2.05, 4.69) is 21.2 Å². The fraction of sp³-hybridized carbons (Fsp3) is 0.143. The molecule has 21 heavy (non-hydrogen) atoms. The van der Waals surface area contributed by atoms with Crippen LogP contribution >= 0.6 is 15.9 Å². The van der Waals surface area contributed by atoms with Crippen LogP contribution in [0.3, 0.4) is 0 Å². The first-order chi connectivity index (χ1) is 9.77. The van der Waals surface area contributed by atoms with Crippen molar-refractivity contribution >= 4 is 31.6 Å². The van der Waals surface area contributed by atoms with Crippen molar-refractivity contribution in [1.29, 1.82) is 0 Å². The molecule has 0 bridgehead atoms. The van der Waals surface area contributed by atoms with Crippen LogP contribution in [0.15, 0.2) is 51.8 Å². The van der Waals surface area contributed by atoms with Gasteiger partial charge in [0.2, 0.25) is 10.0 Å². The summed E-state index contributed by atoms with van der Waals surface area (Å²) >= 11 is 3.20. The fourth-order valence-corrected chi connectivity index (χ4v) is 2.84. The summed E-state index contributed by atoms with van der Waals surface area (Å²) in [5.41, 5.74) is 1.04. The highest BCUT2D eigenvalue weighted by molar-refractivity contribution is 9.10. The van der Waals surface area contributed by atoms with Crippen molar-refractivity contribution in [2.45, 2.75) is 17.9 Å². The molecule has 0 aliphatic heterocycles. The molecule has 2 rings (SSSR count). The fourth-order valence-electron chi connectivity index (χ4n) is 1.94. The van der Waals surface area contributed by atoms with Gasteiger partial charge in [0.25, 0.3) is 0 Å². The molecular weight excluding hydrogens is 359 g/mol. The largest absolute Gasteiger partial charge is 0.378 e. The van der Waals surface area contributed by atoms with Gasteiger partial charge < -0.3 is 5.32 Å². The molecule has 2 aromatic carbocycles. The first kappa shape index (κ1) is 15.9.